The van der Waals surface area contributed by atoms with E-state index in [0.29, 0.717) is 10.4 Å². The summed E-state index contributed by atoms with van der Waals surface area (Å²) in [6.45, 7) is 0. The number of halogens is 1. The van der Waals surface area contributed by atoms with E-state index < -0.39 is 11.9 Å². The van der Waals surface area contributed by atoms with E-state index in [1.807, 2.05) is 0 Å². The van der Waals surface area contributed by atoms with Crippen LogP contribution in [0.2, 0.25) is 0 Å². The minimum absolute atomic E-state index is 0.0695. The zero-order valence-corrected chi connectivity index (χ0v) is 11.1. The van der Waals surface area contributed by atoms with Gasteiger partial charge in [0.2, 0.25) is 0 Å². The van der Waals surface area contributed by atoms with Crippen LogP contribution in [0.15, 0.2) is 39.4 Å². The molecule has 2 aromatic rings. The second kappa shape index (κ2) is 5.15. The molecule has 0 saturated heterocycles. The van der Waals surface area contributed by atoms with Crippen molar-refractivity contribution in [3.8, 4) is 0 Å². The lowest BCUT2D eigenvalue weighted by Crippen LogP contribution is -2.14. The quantitative estimate of drug-likeness (QED) is 0.752. The maximum absolute atomic E-state index is 11.8. The molecule has 0 spiro atoms. The Morgan fingerprint density at radius 2 is 2.00 bits per heavy atom. The van der Waals surface area contributed by atoms with Crippen molar-refractivity contribution in [3.05, 3.63) is 46.3 Å². The predicted octanol–water partition coefficient (Wildman–Crippen LogP) is 2.57. The molecule has 1 amide bonds. The molecule has 1 heterocycles. The fourth-order valence-corrected chi connectivity index (χ4v) is 1.77. The van der Waals surface area contributed by atoms with Gasteiger partial charge >= 0.3 is 5.97 Å². The summed E-state index contributed by atoms with van der Waals surface area (Å²) in [5.74, 6) is -1.65. The van der Waals surface area contributed by atoms with E-state index in [9.17, 15) is 9.59 Å². The van der Waals surface area contributed by atoms with Gasteiger partial charge in [0.25, 0.3) is 5.91 Å². The number of carbonyl (C=O) groups is 2. The average molecular weight is 325 g/mol. The van der Waals surface area contributed by atoms with Gasteiger partial charge in [0.15, 0.2) is 10.4 Å². The summed E-state index contributed by atoms with van der Waals surface area (Å²) in [4.78, 5) is 22.9. The fourth-order valence-electron chi connectivity index (χ4n) is 1.47. The van der Waals surface area contributed by atoms with E-state index >= 15 is 0 Å². The number of hydrogen-bond donors (Lipinski definition) is 3. The molecule has 0 atom stereocenters. The molecule has 1 aromatic heterocycles. The van der Waals surface area contributed by atoms with Gasteiger partial charge < -0.3 is 20.6 Å². The average Bonchev–Trinajstić information content (AvgIpc) is 2.78. The molecule has 0 bridgehead atoms. The van der Waals surface area contributed by atoms with E-state index in [1.54, 1.807) is 6.07 Å². The van der Waals surface area contributed by atoms with Crippen LogP contribution in [-0.4, -0.2) is 17.0 Å². The number of carbonyl (C=O) groups excluding carboxylic acids is 1. The molecule has 7 heteroatoms. The summed E-state index contributed by atoms with van der Waals surface area (Å²) < 4.78 is 5.48. The van der Waals surface area contributed by atoms with Crippen molar-refractivity contribution in [2.75, 3.05) is 11.1 Å². The zero-order chi connectivity index (χ0) is 14.0. The number of aromatic carboxylic acids is 1. The van der Waals surface area contributed by atoms with E-state index in [4.69, 9.17) is 15.3 Å². The van der Waals surface area contributed by atoms with Crippen LogP contribution >= 0.6 is 15.9 Å². The Bertz CT molecular complexity index is 651. The first kappa shape index (κ1) is 13.2. The summed E-state index contributed by atoms with van der Waals surface area (Å²) in [5.41, 5.74) is 5.88. The van der Waals surface area contributed by atoms with Gasteiger partial charge in [-0.25, -0.2) is 4.79 Å². The lowest BCUT2D eigenvalue weighted by molar-refractivity contribution is 0.0698. The monoisotopic (exact) mass is 324 g/mol. The lowest BCUT2D eigenvalue weighted by Gasteiger charge is -2.07. The first-order chi connectivity index (χ1) is 8.97. The number of carboxylic acids is 1. The molecule has 4 N–H and O–H groups in total. The Hall–Kier alpha value is -2.28. The van der Waals surface area contributed by atoms with Crippen LogP contribution in [-0.2, 0) is 0 Å². The molecule has 2 rings (SSSR count). The van der Waals surface area contributed by atoms with E-state index in [2.05, 4.69) is 21.2 Å². The van der Waals surface area contributed by atoms with Crippen molar-refractivity contribution in [1.82, 2.24) is 0 Å². The van der Waals surface area contributed by atoms with Crippen LogP contribution in [0.1, 0.15) is 20.9 Å². The van der Waals surface area contributed by atoms with Crippen molar-refractivity contribution in [2.45, 2.75) is 0 Å². The molecule has 0 unspecified atom stereocenters. The first-order valence-corrected chi connectivity index (χ1v) is 5.96. The van der Waals surface area contributed by atoms with E-state index in [0.717, 1.165) is 0 Å². The summed E-state index contributed by atoms with van der Waals surface area (Å²) >= 11 is 3.08. The molecular formula is C12H9BrN2O4. The van der Waals surface area contributed by atoms with Gasteiger partial charge in [-0.2, -0.15) is 0 Å². The van der Waals surface area contributed by atoms with E-state index in [-0.39, 0.29) is 17.0 Å². The van der Waals surface area contributed by atoms with Gasteiger partial charge in [-0.1, -0.05) is 0 Å². The van der Waals surface area contributed by atoms with Crippen molar-refractivity contribution >= 4 is 39.2 Å². The van der Waals surface area contributed by atoms with Gasteiger partial charge in [0.05, 0.1) is 11.3 Å². The van der Waals surface area contributed by atoms with Gasteiger partial charge in [-0.05, 0) is 46.3 Å². The Morgan fingerprint density at radius 3 is 2.58 bits per heavy atom. The highest BCUT2D eigenvalue weighted by Gasteiger charge is 2.16. The molecule has 1 aromatic carbocycles. The lowest BCUT2D eigenvalue weighted by atomic mass is 10.1. The van der Waals surface area contributed by atoms with Crippen LogP contribution in [0.3, 0.4) is 0 Å². The van der Waals surface area contributed by atoms with Crippen LogP contribution < -0.4 is 11.1 Å². The molecule has 0 radical (unpaired) electrons. The third kappa shape index (κ3) is 2.94. The standard InChI is InChI=1S/C12H9BrN2O4/c13-10-4-3-9(19-10)11(16)15-8-2-1-6(14)5-7(8)12(17)18/h1-5H,14H2,(H,15,16)(H,17,18). The SMILES string of the molecule is Nc1ccc(NC(=O)c2ccc(Br)o2)c(C(=O)O)c1. The van der Waals surface area contributed by atoms with Crippen LogP contribution in [0.25, 0.3) is 0 Å². The van der Waals surface area contributed by atoms with Crippen molar-refractivity contribution in [1.29, 1.82) is 0 Å². The van der Waals surface area contributed by atoms with Gasteiger partial charge in [-0.3, -0.25) is 4.79 Å². The number of carboxylic acid groups (broad SMARTS) is 1. The second-order valence-corrected chi connectivity index (χ2v) is 4.45. The highest BCUT2D eigenvalue weighted by molar-refractivity contribution is 9.10. The molecule has 0 fully saturated rings. The number of furan rings is 1. The summed E-state index contributed by atoms with van der Waals surface area (Å²) in [6, 6.07) is 7.23. The van der Waals surface area contributed by atoms with Crippen LogP contribution in [0.4, 0.5) is 11.4 Å². The van der Waals surface area contributed by atoms with Crippen LogP contribution in [0.5, 0.6) is 0 Å². The Balaban J connectivity index is 2.28. The number of nitrogens with one attached hydrogen (secondary N) is 1. The zero-order valence-electron chi connectivity index (χ0n) is 9.51. The first-order valence-electron chi connectivity index (χ1n) is 5.17. The molecule has 98 valence electrons. The number of benzene rings is 1. The van der Waals surface area contributed by atoms with Crippen molar-refractivity contribution in [2.24, 2.45) is 0 Å². The van der Waals surface area contributed by atoms with Crippen molar-refractivity contribution in [3.63, 3.8) is 0 Å². The highest BCUT2D eigenvalue weighted by Crippen LogP contribution is 2.21. The third-order valence-corrected chi connectivity index (χ3v) is 2.75. The minimum atomic E-state index is -1.18. The second-order valence-electron chi connectivity index (χ2n) is 3.67. The van der Waals surface area contributed by atoms with Gasteiger partial charge in [0, 0.05) is 5.69 Å². The van der Waals surface area contributed by atoms with Gasteiger partial charge in [-0.15, -0.1) is 0 Å². The topological polar surface area (TPSA) is 106 Å². The number of anilines is 2. The number of hydrogen-bond acceptors (Lipinski definition) is 4. The summed E-state index contributed by atoms with van der Waals surface area (Å²) in [7, 11) is 0. The molecule has 6 nitrogen and oxygen atoms in total. The largest absolute Gasteiger partial charge is 0.478 e. The minimum Gasteiger partial charge on any atom is -0.478 e. The van der Waals surface area contributed by atoms with Gasteiger partial charge in [0.1, 0.15) is 0 Å². The third-order valence-electron chi connectivity index (χ3n) is 2.32. The predicted molar refractivity (Wildman–Crippen MR) is 72.2 cm³/mol. The van der Waals surface area contributed by atoms with Crippen molar-refractivity contribution < 1.29 is 19.1 Å². The molecule has 0 saturated carbocycles. The molecule has 0 aliphatic rings. The Morgan fingerprint density at radius 1 is 1.26 bits per heavy atom. The fraction of sp³-hybridized carbons (Fsp3) is 0. The molecule has 19 heavy (non-hydrogen) atoms. The number of rotatable bonds is 3. The molecule has 0 aliphatic heterocycles. The Kier molecular flexibility index (Phi) is 3.57. The molecule has 0 aliphatic carbocycles. The normalized spacial score (nSPS) is 10.2. The number of nitrogen functional groups attached to an aromatic ring is 1. The highest BCUT2D eigenvalue weighted by atomic mass is 79.9. The maximum Gasteiger partial charge on any atom is 0.337 e. The summed E-state index contributed by atoms with van der Waals surface area (Å²) in [6.07, 6.45) is 0. The maximum atomic E-state index is 11.8. The number of amides is 1. The molecular weight excluding hydrogens is 316 g/mol. The Labute approximate surface area is 116 Å². The smallest absolute Gasteiger partial charge is 0.337 e. The summed E-state index contributed by atoms with van der Waals surface area (Å²) in [5, 5.41) is 11.5. The van der Waals surface area contributed by atoms with Crippen LogP contribution in [0, 0.1) is 0 Å². The number of nitrogens with two attached hydrogens (primary N) is 1. The van der Waals surface area contributed by atoms with E-state index in [1.165, 1.54) is 24.3 Å².